The van der Waals surface area contributed by atoms with E-state index in [2.05, 4.69) is 39.5 Å². The zero-order valence-corrected chi connectivity index (χ0v) is 17.5. The third kappa shape index (κ3) is 4.62. The van der Waals surface area contributed by atoms with Crippen molar-refractivity contribution >= 4 is 11.6 Å². The molecule has 1 aliphatic heterocycles. The number of pyridine rings is 1. The molecule has 1 fully saturated rings. The lowest BCUT2D eigenvalue weighted by molar-refractivity contribution is -0.121. The summed E-state index contributed by atoms with van der Waals surface area (Å²) in [6.07, 6.45) is 7.50. The molecule has 1 amide bonds. The van der Waals surface area contributed by atoms with Gasteiger partial charge in [0.2, 0.25) is 5.91 Å². The highest BCUT2D eigenvalue weighted by Gasteiger charge is 2.31. The molecule has 2 aliphatic rings. The third-order valence-electron chi connectivity index (χ3n) is 6.44. The van der Waals surface area contributed by atoms with Gasteiger partial charge in [0, 0.05) is 23.8 Å². The molecule has 0 radical (unpaired) electrons. The van der Waals surface area contributed by atoms with Crippen LogP contribution in [0.25, 0.3) is 0 Å². The van der Waals surface area contributed by atoms with Gasteiger partial charge in [-0.05, 0) is 86.3 Å². The van der Waals surface area contributed by atoms with Gasteiger partial charge < -0.3 is 10.1 Å². The molecular weight excluding hydrogens is 386 g/mol. The van der Waals surface area contributed by atoms with Gasteiger partial charge in [0.05, 0.1) is 6.20 Å². The fraction of sp³-hybridized carbons (Fsp3) is 0.308. The van der Waals surface area contributed by atoms with Crippen molar-refractivity contribution < 1.29 is 9.53 Å². The van der Waals surface area contributed by atoms with E-state index in [0.29, 0.717) is 11.8 Å². The highest BCUT2D eigenvalue weighted by Crippen LogP contribution is 2.29. The van der Waals surface area contributed by atoms with Gasteiger partial charge in [-0.3, -0.25) is 14.7 Å². The summed E-state index contributed by atoms with van der Waals surface area (Å²) in [5, 5.41) is 3.08. The molecular formula is C26H27N3O2. The standard InChI is InChI=1S/C26H27N3O2/c30-26(28-22-7-9-24(10-8-22)31-25-6-3-13-27-18-25)19-11-14-29(15-12-19)23-16-20-4-1-2-5-21(20)17-23/h1-10,13,18-19,23H,11-12,14-17H2,(H,28,30). The van der Waals surface area contributed by atoms with Gasteiger partial charge >= 0.3 is 0 Å². The predicted molar refractivity (Wildman–Crippen MR) is 121 cm³/mol. The fourth-order valence-corrected chi connectivity index (χ4v) is 4.71. The average Bonchev–Trinajstić information content (AvgIpc) is 3.25. The number of piperidine rings is 1. The molecule has 5 rings (SSSR count). The number of carbonyl (C=O) groups is 1. The number of fused-ring (bicyclic) bond motifs is 1. The fourth-order valence-electron chi connectivity index (χ4n) is 4.71. The van der Waals surface area contributed by atoms with Crippen LogP contribution in [0.2, 0.25) is 0 Å². The Bertz CT molecular complexity index is 1000. The molecule has 1 saturated heterocycles. The number of amides is 1. The summed E-state index contributed by atoms with van der Waals surface area (Å²) in [7, 11) is 0. The molecule has 158 valence electrons. The zero-order valence-electron chi connectivity index (χ0n) is 17.5. The smallest absolute Gasteiger partial charge is 0.227 e. The van der Waals surface area contributed by atoms with Crippen molar-refractivity contribution in [2.75, 3.05) is 18.4 Å². The second-order valence-electron chi connectivity index (χ2n) is 8.45. The van der Waals surface area contributed by atoms with Crippen LogP contribution in [0.3, 0.4) is 0 Å². The van der Waals surface area contributed by atoms with Gasteiger partial charge in [0.15, 0.2) is 0 Å². The summed E-state index contributed by atoms with van der Waals surface area (Å²) in [4.78, 5) is 19.4. The Morgan fingerprint density at radius 3 is 2.26 bits per heavy atom. The average molecular weight is 414 g/mol. The van der Waals surface area contributed by atoms with E-state index in [-0.39, 0.29) is 11.8 Å². The number of ether oxygens (including phenoxy) is 1. The van der Waals surface area contributed by atoms with Crippen molar-refractivity contribution in [3.8, 4) is 11.5 Å². The van der Waals surface area contributed by atoms with Crippen molar-refractivity contribution in [1.82, 2.24) is 9.88 Å². The normalized spacial score (nSPS) is 17.3. The summed E-state index contributed by atoms with van der Waals surface area (Å²) in [5.41, 5.74) is 3.78. The van der Waals surface area contributed by atoms with Gasteiger partial charge in [-0.25, -0.2) is 0 Å². The van der Waals surface area contributed by atoms with Crippen LogP contribution in [0.4, 0.5) is 5.69 Å². The molecule has 3 aromatic rings. The van der Waals surface area contributed by atoms with Crippen molar-refractivity contribution in [2.24, 2.45) is 5.92 Å². The number of carbonyl (C=O) groups excluding carboxylic acids is 1. The molecule has 0 atom stereocenters. The van der Waals surface area contributed by atoms with E-state index in [1.54, 1.807) is 12.4 Å². The van der Waals surface area contributed by atoms with Gasteiger partial charge in [0.25, 0.3) is 0 Å². The van der Waals surface area contributed by atoms with E-state index >= 15 is 0 Å². The lowest BCUT2D eigenvalue weighted by Gasteiger charge is -2.35. The molecule has 5 nitrogen and oxygen atoms in total. The van der Waals surface area contributed by atoms with Crippen molar-refractivity contribution in [3.63, 3.8) is 0 Å². The van der Waals surface area contributed by atoms with E-state index in [0.717, 1.165) is 50.2 Å². The monoisotopic (exact) mass is 413 g/mol. The number of nitrogens with zero attached hydrogens (tertiary/aromatic N) is 2. The lowest BCUT2D eigenvalue weighted by atomic mass is 9.94. The van der Waals surface area contributed by atoms with Crippen molar-refractivity contribution in [2.45, 2.75) is 31.7 Å². The Balaban J connectivity index is 1.11. The molecule has 31 heavy (non-hydrogen) atoms. The maximum absolute atomic E-state index is 12.8. The molecule has 1 aromatic heterocycles. The summed E-state index contributed by atoms with van der Waals surface area (Å²) >= 11 is 0. The first kappa shape index (κ1) is 19.8. The van der Waals surface area contributed by atoms with Crippen LogP contribution in [0.5, 0.6) is 11.5 Å². The van der Waals surface area contributed by atoms with Gasteiger partial charge in [-0.2, -0.15) is 0 Å². The molecule has 1 aliphatic carbocycles. The number of hydrogen-bond acceptors (Lipinski definition) is 4. The first-order chi connectivity index (χ1) is 15.2. The lowest BCUT2D eigenvalue weighted by Crippen LogP contribution is -2.44. The quantitative estimate of drug-likeness (QED) is 0.659. The van der Waals surface area contributed by atoms with Crippen LogP contribution in [0, 0.1) is 5.92 Å². The number of nitrogens with one attached hydrogen (secondary N) is 1. The van der Waals surface area contributed by atoms with E-state index in [1.165, 1.54) is 11.1 Å². The van der Waals surface area contributed by atoms with E-state index < -0.39 is 0 Å². The number of anilines is 1. The number of benzene rings is 2. The first-order valence-electron chi connectivity index (χ1n) is 11.0. The van der Waals surface area contributed by atoms with Crippen LogP contribution in [0.15, 0.2) is 73.1 Å². The topological polar surface area (TPSA) is 54.5 Å². The van der Waals surface area contributed by atoms with Crippen molar-refractivity contribution in [3.05, 3.63) is 84.2 Å². The molecule has 0 spiro atoms. The number of likely N-dealkylation sites (tertiary alicyclic amines) is 1. The van der Waals surface area contributed by atoms with E-state index in [9.17, 15) is 4.79 Å². The van der Waals surface area contributed by atoms with Crippen LogP contribution in [-0.4, -0.2) is 34.9 Å². The minimum absolute atomic E-state index is 0.0753. The molecule has 1 N–H and O–H groups in total. The highest BCUT2D eigenvalue weighted by atomic mass is 16.5. The maximum Gasteiger partial charge on any atom is 0.227 e. The van der Waals surface area contributed by atoms with Crippen molar-refractivity contribution in [1.29, 1.82) is 0 Å². The minimum Gasteiger partial charge on any atom is -0.456 e. The van der Waals surface area contributed by atoms with Gasteiger partial charge in [-0.1, -0.05) is 24.3 Å². The Hall–Kier alpha value is -3.18. The molecule has 0 unspecified atom stereocenters. The second kappa shape index (κ2) is 8.90. The Kier molecular flexibility index (Phi) is 5.67. The molecule has 0 saturated carbocycles. The number of rotatable bonds is 5. The Labute approximate surface area is 183 Å². The highest BCUT2D eigenvalue weighted by molar-refractivity contribution is 5.92. The summed E-state index contributed by atoms with van der Waals surface area (Å²) < 4.78 is 5.76. The zero-order chi connectivity index (χ0) is 21.0. The predicted octanol–water partition coefficient (Wildman–Crippen LogP) is 4.69. The maximum atomic E-state index is 12.8. The SMILES string of the molecule is O=C(Nc1ccc(Oc2cccnc2)cc1)C1CCN(C2Cc3ccccc3C2)CC1. The van der Waals surface area contributed by atoms with Gasteiger partial charge in [-0.15, -0.1) is 0 Å². The van der Waals surface area contributed by atoms with Gasteiger partial charge in [0.1, 0.15) is 11.5 Å². The largest absolute Gasteiger partial charge is 0.456 e. The van der Waals surface area contributed by atoms with Crippen LogP contribution < -0.4 is 10.1 Å². The summed E-state index contributed by atoms with van der Waals surface area (Å²) in [6, 6.07) is 20.6. The number of hydrogen-bond donors (Lipinski definition) is 1. The molecule has 0 bridgehead atoms. The molecule has 2 heterocycles. The summed E-state index contributed by atoms with van der Waals surface area (Å²) in [6.45, 7) is 1.99. The Morgan fingerprint density at radius 1 is 0.903 bits per heavy atom. The minimum atomic E-state index is 0.0753. The number of aromatic nitrogens is 1. The van der Waals surface area contributed by atoms with Crippen LogP contribution in [0.1, 0.15) is 24.0 Å². The molecule has 2 aromatic carbocycles. The van der Waals surface area contributed by atoms with E-state index in [1.807, 2.05) is 36.4 Å². The van der Waals surface area contributed by atoms with Crippen LogP contribution in [-0.2, 0) is 17.6 Å². The summed E-state index contributed by atoms with van der Waals surface area (Å²) in [5.74, 6) is 1.61. The van der Waals surface area contributed by atoms with Crippen LogP contribution >= 0.6 is 0 Å². The second-order valence-corrected chi connectivity index (χ2v) is 8.45. The van der Waals surface area contributed by atoms with E-state index in [4.69, 9.17) is 4.74 Å². The third-order valence-corrected chi connectivity index (χ3v) is 6.44. The first-order valence-corrected chi connectivity index (χ1v) is 11.0. The molecule has 5 heteroatoms. The Morgan fingerprint density at radius 2 is 1.61 bits per heavy atom.